The Morgan fingerprint density at radius 2 is 2.06 bits per heavy atom. The third kappa shape index (κ3) is 4.16. The van der Waals surface area contributed by atoms with E-state index in [4.69, 9.17) is 12.2 Å². The Bertz CT molecular complexity index is 509. The summed E-state index contributed by atoms with van der Waals surface area (Å²) in [5.74, 6) is 0. The lowest BCUT2D eigenvalue weighted by molar-refractivity contribution is 0.193. The highest BCUT2D eigenvalue weighted by molar-refractivity contribution is 7.79. The minimum atomic E-state index is -0.581. The van der Waals surface area contributed by atoms with Gasteiger partial charge in [0.15, 0.2) is 9.09 Å². The average Bonchev–Trinajstić information content (AvgIpc) is 2.73. The molecule has 17 heavy (non-hydrogen) atoms. The van der Waals surface area contributed by atoms with Crippen molar-refractivity contribution in [1.82, 2.24) is 4.98 Å². The van der Waals surface area contributed by atoms with Gasteiger partial charge in [-0.15, -0.1) is 0 Å². The molecule has 0 aliphatic rings. The fourth-order valence-corrected chi connectivity index (χ4v) is 3.34. The van der Waals surface area contributed by atoms with Gasteiger partial charge >= 0.3 is 0 Å². The van der Waals surface area contributed by atoms with Crippen molar-refractivity contribution >= 4 is 38.0 Å². The van der Waals surface area contributed by atoms with E-state index in [1.54, 1.807) is 0 Å². The lowest BCUT2D eigenvalue weighted by atomic mass is 10.1. The SMILES string of the molecule is OC(CCc1ccccc1)Nc1nc(=S)ss1. The minimum absolute atomic E-state index is 0.581. The van der Waals surface area contributed by atoms with Gasteiger partial charge in [0, 0.05) is 0 Å². The highest BCUT2D eigenvalue weighted by atomic mass is 32.9. The quantitative estimate of drug-likeness (QED) is 0.502. The molecule has 2 rings (SSSR count). The number of hydrogen-bond acceptors (Lipinski definition) is 6. The van der Waals surface area contributed by atoms with Gasteiger partial charge in [0.05, 0.1) is 0 Å². The first-order valence-electron chi connectivity index (χ1n) is 5.20. The summed E-state index contributed by atoms with van der Waals surface area (Å²) in [6, 6.07) is 10.1. The van der Waals surface area contributed by atoms with E-state index in [0.717, 1.165) is 6.42 Å². The van der Waals surface area contributed by atoms with E-state index in [9.17, 15) is 5.11 Å². The van der Waals surface area contributed by atoms with E-state index < -0.39 is 6.23 Å². The van der Waals surface area contributed by atoms with Crippen molar-refractivity contribution in [2.24, 2.45) is 0 Å². The second-order valence-electron chi connectivity index (χ2n) is 3.53. The number of benzene rings is 1. The number of aliphatic hydroxyl groups excluding tert-OH is 1. The molecular weight excluding hydrogens is 272 g/mol. The van der Waals surface area contributed by atoms with E-state index in [1.807, 2.05) is 18.2 Å². The van der Waals surface area contributed by atoms with Gasteiger partial charge in [-0.25, -0.2) is 0 Å². The van der Waals surface area contributed by atoms with Crippen LogP contribution in [-0.2, 0) is 6.42 Å². The van der Waals surface area contributed by atoms with E-state index >= 15 is 0 Å². The maximum Gasteiger partial charge on any atom is 0.196 e. The fourth-order valence-electron chi connectivity index (χ4n) is 1.41. The molecule has 2 N–H and O–H groups in total. The summed E-state index contributed by atoms with van der Waals surface area (Å²) in [6.07, 6.45) is 0.911. The number of aliphatic hydroxyl groups is 1. The smallest absolute Gasteiger partial charge is 0.196 e. The number of hydrogen-bond donors (Lipinski definition) is 2. The van der Waals surface area contributed by atoms with Crippen LogP contribution in [-0.4, -0.2) is 16.3 Å². The van der Waals surface area contributed by atoms with E-state index in [-0.39, 0.29) is 0 Å². The van der Waals surface area contributed by atoms with Crippen LogP contribution in [0.3, 0.4) is 0 Å². The van der Waals surface area contributed by atoms with Crippen molar-refractivity contribution in [3.63, 3.8) is 0 Å². The molecule has 1 atom stereocenters. The molecule has 3 nitrogen and oxygen atoms in total. The van der Waals surface area contributed by atoms with Crippen molar-refractivity contribution in [3.05, 3.63) is 39.8 Å². The normalized spacial score (nSPS) is 12.3. The first-order chi connectivity index (χ1) is 8.24. The molecule has 0 saturated heterocycles. The van der Waals surface area contributed by atoms with Crippen LogP contribution in [0.4, 0.5) is 5.13 Å². The molecule has 0 bridgehead atoms. The third-order valence-electron chi connectivity index (χ3n) is 2.22. The van der Waals surface area contributed by atoms with Gasteiger partial charge in [-0.05, 0) is 51.3 Å². The van der Waals surface area contributed by atoms with Crippen LogP contribution < -0.4 is 5.32 Å². The first-order valence-corrected chi connectivity index (χ1v) is 7.75. The van der Waals surface area contributed by atoms with Gasteiger partial charge in [0.25, 0.3) is 0 Å². The molecule has 1 aromatic heterocycles. The van der Waals surface area contributed by atoms with Crippen LogP contribution in [0.1, 0.15) is 12.0 Å². The largest absolute Gasteiger partial charge is 0.374 e. The standard InChI is InChI=1S/C11H12N2OS3/c14-9(12-10-13-11(15)17-16-10)7-6-8-4-2-1-3-5-8/h1-5,9,14H,6-7H2,(H,12,13,15). The van der Waals surface area contributed by atoms with Crippen molar-refractivity contribution in [2.75, 3.05) is 5.32 Å². The molecule has 6 heteroatoms. The zero-order valence-electron chi connectivity index (χ0n) is 9.00. The van der Waals surface area contributed by atoms with Gasteiger partial charge < -0.3 is 10.4 Å². The summed E-state index contributed by atoms with van der Waals surface area (Å²) in [7, 11) is 2.89. The zero-order valence-corrected chi connectivity index (χ0v) is 11.4. The molecule has 0 aliphatic heterocycles. The maximum atomic E-state index is 9.80. The lowest BCUT2D eigenvalue weighted by Crippen LogP contribution is -2.19. The molecule has 0 fully saturated rings. The second-order valence-corrected chi connectivity index (χ2v) is 6.29. The minimum Gasteiger partial charge on any atom is -0.374 e. The van der Waals surface area contributed by atoms with Crippen molar-refractivity contribution < 1.29 is 5.11 Å². The Kier molecular flexibility index (Phi) is 4.61. The monoisotopic (exact) mass is 284 g/mol. The van der Waals surface area contributed by atoms with Gasteiger partial charge in [0.1, 0.15) is 6.23 Å². The van der Waals surface area contributed by atoms with Crippen molar-refractivity contribution in [2.45, 2.75) is 19.1 Å². The van der Waals surface area contributed by atoms with Gasteiger partial charge in [-0.3, -0.25) is 0 Å². The summed E-state index contributed by atoms with van der Waals surface area (Å²) in [4.78, 5) is 4.09. The topological polar surface area (TPSA) is 45.1 Å². The molecule has 0 aliphatic carbocycles. The van der Waals surface area contributed by atoms with Crippen LogP contribution in [0.25, 0.3) is 0 Å². The number of nitrogens with zero attached hydrogens (tertiary/aromatic N) is 1. The number of rotatable bonds is 5. The number of aromatic nitrogens is 1. The Hall–Kier alpha value is -0.820. The highest BCUT2D eigenvalue weighted by Crippen LogP contribution is 2.20. The summed E-state index contributed by atoms with van der Waals surface area (Å²) in [5, 5.41) is 13.4. The zero-order chi connectivity index (χ0) is 12.1. The molecule has 1 unspecified atom stereocenters. The molecular formula is C11H12N2OS3. The number of aryl methyl sites for hydroxylation is 1. The third-order valence-corrected chi connectivity index (χ3v) is 4.76. The molecule has 1 heterocycles. The summed E-state index contributed by atoms with van der Waals surface area (Å²) in [6.45, 7) is 0. The lowest BCUT2D eigenvalue weighted by Gasteiger charge is -2.11. The number of anilines is 1. The molecule has 0 spiro atoms. The Morgan fingerprint density at radius 1 is 1.29 bits per heavy atom. The van der Waals surface area contributed by atoms with E-state index in [2.05, 4.69) is 22.4 Å². The Balaban J connectivity index is 1.82. The molecule has 1 aromatic carbocycles. The fraction of sp³-hybridized carbons (Fsp3) is 0.273. The van der Waals surface area contributed by atoms with Gasteiger partial charge in [-0.1, -0.05) is 30.3 Å². The summed E-state index contributed by atoms with van der Waals surface area (Å²) < 4.78 is 0.604. The van der Waals surface area contributed by atoms with Crippen LogP contribution >= 0.6 is 32.9 Å². The molecule has 0 radical (unpaired) electrons. The predicted octanol–water partition coefficient (Wildman–Crippen LogP) is 3.30. The summed E-state index contributed by atoms with van der Waals surface area (Å²) in [5.41, 5.74) is 1.22. The summed E-state index contributed by atoms with van der Waals surface area (Å²) >= 11 is 4.92. The number of nitrogens with one attached hydrogen (secondary N) is 1. The molecule has 2 aromatic rings. The van der Waals surface area contributed by atoms with Gasteiger partial charge in [-0.2, -0.15) is 4.98 Å². The van der Waals surface area contributed by atoms with Crippen LogP contribution in [0.15, 0.2) is 30.3 Å². The molecule has 0 amide bonds. The van der Waals surface area contributed by atoms with Gasteiger partial charge in [0.2, 0.25) is 0 Å². The van der Waals surface area contributed by atoms with Crippen LogP contribution in [0.2, 0.25) is 0 Å². The predicted molar refractivity (Wildman–Crippen MR) is 75.2 cm³/mol. The van der Waals surface area contributed by atoms with Crippen LogP contribution in [0.5, 0.6) is 0 Å². The molecule has 0 saturated carbocycles. The van der Waals surface area contributed by atoms with E-state index in [1.165, 1.54) is 26.2 Å². The molecule has 90 valence electrons. The second kappa shape index (κ2) is 6.20. The highest BCUT2D eigenvalue weighted by Gasteiger charge is 2.06. The Labute approximate surface area is 112 Å². The first kappa shape index (κ1) is 12.6. The maximum absolute atomic E-state index is 9.80. The Morgan fingerprint density at radius 3 is 2.71 bits per heavy atom. The van der Waals surface area contributed by atoms with Crippen molar-refractivity contribution in [3.8, 4) is 0 Å². The van der Waals surface area contributed by atoms with Crippen molar-refractivity contribution in [1.29, 1.82) is 0 Å². The average molecular weight is 284 g/mol. The van der Waals surface area contributed by atoms with E-state index in [0.29, 0.717) is 15.5 Å². The van der Waals surface area contributed by atoms with Crippen LogP contribution in [0, 0.1) is 3.95 Å².